The molecule has 158 valence electrons. The van der Waals surface area contributed by atoms with Gasteiger partial charge in [-0.05, 0) is 31.0 Å². The first-order valence-corrected chi connectivity index (χ1v) is 10.6. The van der Waals surface area contributed by atoms with E-state index < -0.39 is 0 Å². The van der Waals surface area contributed by atoms with Crippen molar-refractivity contribution in [2.75, 3.05) is 51.2 Å². The van der Waals surface area contributed by atoms with E-state index in [4.69, 9.17) is 4.52 Å². The SMILES string of the molecule is CN=C(NCCCN1CCN(c2ccccc2)CC1)NCc1cc(C(C)C)no1. The van der Waals surface area contributed by atoms with Gasteiger partial charge in [-0.2, -0.15) is 0 Å². The van der Waals surface area contributed by atoms with E-state index in [1.54, 1.807) is 7.05 Å². The number of piperazine rings is 1. The molecule has 1 aromatic heterocycles. The molecule has 0 radical (unpaired) electrons. The Labute approximate surface area is 174 Å². The molecule has 2 aromatic rings. The average Bonchev–Trinajstić information content (AvgIpc) is 3.24. The van der Waals surface area contributed by atoms with E-state index in [0.717, 1.165) is 63.1 Å². The lowest BCUT2D eigenvalue weighted by atomic mass is 10.1. The molecule has 0 unspecified atom stereocenters. The zero-order valence-electron chi connectivity index (χ0n) is 17.9. The van der Waals surface area contributed by atoms with Crippen LogP contribution in [-0.4, -0.2) is 62.3 Å². The maximum atomic E-state index is 5.36. The highest BCUT2D eigenvalue weighted by Crippen LogP contribution is 2.15. The summed E-state index contributed by atoms with van der Waals surface area (Å²) in [7, 11) is 1.79. The Morgan fingerprint density at radius 3 is 2.55 bits per heavy atom. The molecule has 0 atom stereocenters. The first-order chi connectivity index (χ1) is 14.2. The van der Waals surface area contributed by atoms with Gasteiger partial charge in [-0.25, -0.2) is 0 Å². The highest BCUT2D eigenvalue weighted by atomic mass is 16.5. The number of para-hydroxylation sites is 1. The lowest BCUT2D eigenvalue weighted by Crippen LogP contribution is -2.47. The number of aromatic nitrogens is 1. The van der Waals surface area contributed by atoms with Crippen molar-refractivity contribution in [3.05, 3.63) is 47.9 Å². The first kappa shape index (κ1) is 21.2. The Hall–Kier alpha value is -2.54. The summed E-state index contributed by atoms with van der Waals surface area (Å²) in [5.41, 5.74) is 2.31. The minimum atomic E-state index is 0.375. The van der Waals surface area contributed by atoms with E-state index >= 15 is 0 Å². The van der Waals surface area contributed by atoms with Gasteiger partial charge in [0.25, 0.3) is 0 Å². The molecule has 7 nitrogen and oxygen atoms in total. The number of nitrogens with zero attached hydrogens (tertiary/aromatic N) is 4. The zero-order valence-corrected chi connectivity index (χ0v) is 17.9. The number of nitrogens with one attached hydrogen (secondary N) is 2. The van der Waals surface area contributed by atoms with Crippen LogP contribution in [0.1, 0.15) is 37.6 Å². The Morgan fingerprint density at radius 2 is 1.90 bits per heavy atom. The van der Waals surface area contributed by atoms with Crippen LogP contribution in [0.4, 0.5) is 5.69 Å². The molecule has 2 N–H and O–H groups in total. The predicted molar refractivity (Wildman–Crippen MR) is 119 cm³/mol. The molecule has 0 spiro atoms. The number of anilines is 1. The summed E-state index contributed by atoms with van der Waals surface area (Å²) >= 11 is 0. The zero-order chi connectivity index (χ0) is 20.5. The van der Waals surface area contributed by atoms with Gasteiger partial charge in [-0.3, -0.25) is 9.89 Å². The molecule has 3 rings (SSSR count). The molecule has 1 aliphatic rings. The lowest BCUT2D eigenvalue weighted by molar-refractivity contribution is 0.255. The fourth-order valence-electron chi connectivity index (χ4n) is 3.45. The Kier molecular flexibility index (Phi) is 7.93. The fraction of sp³-hybridized carbons (Fsp3) is 0.545. The Balaban J connectivity index is 1.30. The van der Waals surface area contributed by atoms with Crippen molar-refractivity contribution in [3.63, 3.8) is 0 Å². The van der Waals surface area contributed by atoms with E-state index in [9.17, 15) is 0 Å². The standard InChI is InChI=1S/C22H34N6O/c1-18(2)21-16-20(29-26-21)17-25-22(23-3)24-10-7-11-27-12-14-28(15-13-27)19-8-5-4-6-9-19/h4-6,8-9,16,18H,7,10-15,17H2,1-3H3,(H2,23,24,25). The van der Waals surface area contributed by atoms with Crippen LogP contribution in [-0.2, 0) is 6.54 Å². The highest BCUT2D eigenvalue weighted by molar-refractivity contribution is 5.79. The number of hydrogen-bond donors (Lipinski definition) is 2. The normalized spacial score (nSPS) is 15.7. The molecule has 1 aromatic carbocycles. The number of aliphatic imine (C=N–C) groups is 1. The molecule has 0 saturated carbocycles. The van der Waals surface area contributed by atoms with Gasteiger partial charge in [0.15, 0.2) is 11.7 Å². The summed E-state index contributed by atoms with van der Waals surface area (Å²) < 4.78 is 5.36. The van der Waals surface area contributed by atoms with E-state index in [0.29, 0.717) is 12.5 Å². The topological polar surface area (TPSA) is 68.9 Å². The molecule has 0 aliphatic carbocycles. The van der Waals surface area contributed by atoms with Crippen molar-refractivity contribution in [1.82, 2.24) is 20.7 Å². The van der Waals surface area contributed by atoms with Gasteiger partial charge in [0.05, 0.1) is 12.2 Å². The fourth-order valence-corrected chi connectivity index (χ4v) is 3.45. The van der Waals surface area contributed by atoms with Gasteiger partial charge >= 0.3 is 0 Å². The molecule has 7 heteroatoms. The van der Waals surface area contributed by atoms with Gasteiger partial charge in [0, 0.05) is 51.5 Å². The highest BCUT2D eigenvalue weighted by Gasteiger charge is 2.16. The lowest BCUT2D eigenvalue weighted by Gasteiger charge is -2.36. The maximum absolute atomic E-state index is 5.36. The summed E-state index contributed by atoms with van der Waals surface area (Å²) in [6, 6.07) is 12.7. The molecular formula is C22H34N6O. The van der Waals surface area contributed by atoms with Crippen LogP contribution in [0.15, 0.2) is 45.9 Å². The van der Waals surface area contributed by atoms with E-state index in [1.165, 1.54) is 5.69 Å². The largest absolute Gasteiger partial charge is 0.369 e. The van der Waals surface area contributed by atoms with Crippen molar-refractivity contribution in [3.8, 4) is 0 Å². The van der Waals surface area contributed by atoms with Gasteiger partial charge in [0.2, 0.25) is 0 Å². The maximum Gasteiger partial charge on any atom is 0.191 e. The van der Waals surface area contributed by atoms with Crippen LogP contribution in [0.5, 0.6) is 0 Å². The van der Waals surface area contributed by atoms with Gasteiger partial charge in [-0.1, -0.05) is 37.2 Å². The Bertz CT molecular complexity index is 750. The molecule has 1 aliphatic heterocycles. The second-order valence-corrected chi connectivity index (χ2v) is 7.74. The first-order valence-electron chi connectivity index (χ1n) is 10.6. The molecule has 1 saturated heterocycles. The third kappa shape index (κ3) is 6.49. The van der Waals surface area contributed by atoms with Crippen LogP contribution in [0.2, 0.25) is 0 Å². The van der Waals surface area contributed by atoms with Crippen LogP contribution in [0.3, 0.4) is 0 Å². The van der Waals surface area contributed by atoms with E-state index in [-0.39, 0.29) is 0 Å². The molecule has 0 bridgehead atoms. The number of guanidine groups is 1. The predicted octanol–water partition coefficient (Wildman–Crippen LogP) is 2.68. The average molecular weight is 399 g/mol. The second-order valence-electron chi connectivity index (χ2n) is 7.74. The van der Waals surface area contributed by atoms with Gasteiger partial charge in [-0.15, -0.1) is 0 Å². The Morgan fingerprint density at radius 1 is 1.14 bits per heavy atom. The number of rotatable bonds is 8. The molecular weight excluding hydrogens is 364 g/mol. The van der Waals surface area contributed by atoms with Crippen molar-refractivity contribution in [1.29, 1.82) is 0 Å². The third-order valence-electron chi connectivity index (χ3n) is 5.26. The van der Waals surface area contributed by atoms with Gasteiger partial charge < -0.3 is 20.1 Å². The van der Waals surface area contributed by atoms with E-state index in [2.05, 4.69) is 74.8 Å². The minimum absolute atomic E-state index is 0.375. The second kappa shape index (κ2) is 10.9. The van der Waals surface area contributed by atoms with Crippen molar-refractivity contribution in [2.24, 2.45) is 4.99 Å². The van der Waals surface area contributed by atoms with E-state index in [1.807, 2.05) is 6.07 Å². The summed E-state index contributed by atoms with van der Waals surface area (Å²) in [4.78, 5) is 9.29. The molecule has 29 heavy (non-hydrogen) atoms. The van der Waals surface area contributed by atoms with Crippen LogP contribution < -0.4 is 15.5 Å². The summed E-state index contributed by atoms with van der Waals surface area (Å²) in [5, 5.41) is 10.8. The summed E-state index contributed by atoms with van der Waals surface area (Å²) in [5.74, 6) is 1.99. The smallest absolute Gasteiger partial charge is 0.191 e. The number of benzene rings is 1. The van der Waals surface area contributed by atoms with Crippen LogP contribution >= 0.6 is 0 Å². The van der Waals surface area contributed by atoms with Crippen molar-refractivity contribution < 1.29 is 4.52 Å². The molecule has 2 heterocycles. The van der Waals surface area contributed by atoms with Crippen molar-refractivity contribution >= 4 is 11.6 Å². The van der Waals surface area contributed by atoms with Gasteiger partial charge in [0.1, 0.15) is 0 Å². The summed E-state index contributed by atoms with van der Waals surface area (Å²) in [6.45, 7) is 11.2. The third-order valence-corrected chi connectivity index (χ3v) is 5.26. The van der Waals surface area contributed by atoms with Crippen LogP contribution in [0.25, 0.3) is 0 Å². The van der Waals surface area contributed by atoms with Crippen molar-refractivity contribution in [2.45, 2.75) is 32.7 Å². The van der Waals surface area contributed by atoms with Crippen LogP contribution in [0, 0.1) is 0 Å². The molecule has 0 amide bonds. The summed E-state index contributed by atoms with van der Waals surface area (Å²) in [6.07, 6.45) is 1.09. The minimum Gasteiger partial charge on any atom is -0.369 e. The quantitative estimate of drug-likeness (QED) is 0.405. The number of hydrogen-bond acceptors (Lipinski definition) is 5. The monoisotopic (exact) mass is 398 g/mol. The molecule has 1 fully saturated rings.